The summed E-state index contributed by atoms with van der Waals surface area (Å²) in [5.41, 5.74) is 0. The molecule has 9 heavy (non-hydrogen) atoms. The molecule has 0 atom stereocenters. The average Bonchev–Trinajstić information content (AvgIpc) is 1.64. The van der Waals surface area contributed by atoms with Gasteiger partial charge in [0.2, 0.25) is 0 Å². The van der Waals surface area contributed by atoms with Crippen LogP contribution in [-0.2, 0) is 11.1 Å². The molecule has 0 fully saturated rings. The molecule has 0 aromatic carbocycles. The highest BCUT2D eigenvalue weighted by Gasteiger charge is 2.32. The summed E-state index contributed by atoms with van der Waals surface area (Å²) in [6, 6.07) is 0. The largest absolute Gasteiger partial charge is 0.437 e. The van der Waals surface area contributed by atoms with E-state index in [0.717, 1.165) is 0 Å². The first kappa shape index (κ1) is 8.97. The molecule has 0 saturated carbocycles. The SMILES string of the molecule is CN=S=C(Cl)C(F)(F)F. The Morgan fingerprint density at radius 1 is 1.56 bits per heavy atom. The quantitative estimate of drug-likeness (QED) is 0.395. The fourth-order valence-corrected chi connectivity index (χ4v) is 0.603. The molecular formula is C3H3ClF3NS. The van der Waals surface area contributed by atoms with Gasteiger partial charge < -0.3 is 0 Å². The lowest BCUT2D eigenvalue weighted by molar-refractivity contribution is -0.0536. The predicted molar refractivity (Wildman–Crippen MR) is 32.6 cm³/mol. The van der Waals surface area contributed by atoms with Gasteiger partial charge in [0.25, 0.3) is 0 Å². The van der Waals surface area contributed by atoms with Crippen molar-refractivity contribution in [3.63, 3.8) is 0 Å². The minimum Gasteiger partial charge on any atom is -0.233 e. The first-order chi connectivity index (χ1) is 3.98. The van der Waals surface area contributed by atoms with Gasteiger partial charge in [-0.2, -0.15) is 13.2 Å². The first-order valence-corrected chi connectivity index (χ1v) is 2.99. The molecule has 0 saturated heterocycles. The Morgan fingerprint density at radius 3 is 2.11 bits per heavy atom. The van der Waals surface area contributed by atoms with Crippen molar-refractivity contribution in [2.45, 2.75) is 6.18 Å². The molecule has 0 unspecified atom stereocenters. The van der Waals surface area contributed by atoms with E-state index in [1.54, 1.807) is 0 Å². The monoisotopic (exact) mass is 177 g/mol. The van der Waals surface area contributed by atoms with Crippen LogP contribution in [0.3, 0.4) is 0 Å². The fraction of sp³-hybridized carbons (Fsp3) is 0.667. The minimum atomic E-state index is -4.44. The molecule has 6 heteroatoms. The van der Waals surface area contributed by atoms with E-state index in [1.807, 2.05) is 0 Å². The zero-order chi connectivity index (χ0) is 7.49. The maximum absolute atomic E-state index is 11.4. The zero-order valence-corrected chi connectivity index (χ0v) is 5.94. The van der Waals surface area contributed by atoms with Crippen LogP contribution >= 0.6 is 11.6 Å². The van der Waals surface area contributed by atoms with E-state index in [4.69, 9.17) is 11.6 Å². The van der Waals surface area contributed by atoms with Crippen molar-refractivity contribution in [3.8, 4) is 0 Å². The summed E-state index contributed by atoms with van der Waals surface area (Å²) in [5.74, 6) is 0. The third-order valence-electron chi connectivity index (χ3n) is 0.394. The summed E-state index contributed by atoms with van der Waals surface area (Å²) < 4.78 is 36.1. The molecule has 0 radical (unpaired) electrons. The summed E-state index contributed by atoms with van der Waals surface area (Å²) in [4.78, 5) is 0. The molecule has 0 aliphatic carbocycles. The normalized spacial score (nSPS) is 10.8. The molecule has 0 N–H and O–H groups in total. The number of hydrogen-bond donors (Lipinski definition) is 0. The molecule has 1 nitrogen and oxygen atoms in total. The number of halogens is 4. The fourth-order valence-electron chi connectivity index (χ4n) is 0.132. The van der Waals surface area contributed by atoms with Gasteiger partial charge in [-0.25, -0.2) is 4.36 Å². The van der Waals surface area contributed by atoms with E-state index < -0.39 is 10.5 Å². The van der Waals surface area contributed by atoms with Gasteiger partial charge in [-0.3, -0.25) is 0 Å². The molecule has 0 aromatic heterocycles. The van der Waals surface area contributed by atoms with Crippen molar-refractivity contribution in [1.82, 2.24) is 0 Å². The first-order valence-electron chi connectivity index (χ1n) is 1.84. The van der Waals surface area contributed by atoms with Crippen LogP contribution in [0.1, 0.15) is 0 Å². The standard InChI is InChI=1S/C3H3ClF3NS/c1-8-9-2(4)3(5,6)7/h1H3. The molecule has 0 aliphatic rings. The van der Waals surface area contributed by atoms with Crippen LogP contribution in [0.5, 0.6) is 0 Å². The second kappa shape index (κ2) is 3.22. The summed E-state index contributed by atoms with van der Waals surface area (Å²) in [6.07, 6.45) is -4.44. The molecule has 0 amide bonds. The number of alkyl halides is 3. The number of hydrogen-bond acceptors (Lipinski definition) is 1. The Bertz CT molecular complexity index is 157. The zero-order valence-electron chi connectivity index (χ0n) is 4.37. The number of nitrogens with zero attached hydrogens (tertiary/aromatic N) is 1. The second-order valence-corrected chi connectivity index (χ2v) is 2.60. The van der Waals surface area contributed by atoms with Gasteiger partial charge in [0, 0.05) is 7.05 Å². The smallest absolute Gasteiger partial charge is 0.233 e. The van der Waals surface area contributed by atoms with E-state index in [0.29, 0.717) is 0 Å². The molecule has 0 aliphatic heterocycles. The van der Waals surface area contributed by atoms with Crippen molar-refractivity contribution in [1.29, 1.82) is 0 Å². The lowest BCUT2D eigenvalue weighted by atomic mass is 10.8. The van der Waals surface area contributed by atoms with E-state index >= 15 is 0 Å². The molecule has 0 bridgehead atoms. The molecule has 0 aromatic rings. The lowest BCUT2D eigenvalue weighted by Gasteiger charge is -1.97. The van der Waals surface area contributed by atoms with E-state index in [1.165, 1.54) is 7.05 Å². The van der Waals surface area contributed by atoms with Crippen LogP contribution < -0.4 is 0 Å². The van der Waals surface area contributed by atoms with Crippen LogP contribution in [0.15, 0.2) is 4.36 Å². The lowest BCUT2D eigenvalue weighted by Crippen LogP contribution is -2.16. The topological polar surface area (TPSA) is 12.4 Å². The Morgan fingerprint density at radius 2 is 2.00 bits per heavy atom. The van der Waals surface area contributed by atoms with Gasteiger partial charge in [0.05, 0.1) is 0 Å². The van der Waals surface area contributed by atoms with Crippen LogP contribution in [-0.4, -0.2) is 17.5 Å². The summed E-state index contributed by atoms with van der Waals surface area (Å²) >= 11 is 4.94. The highest BCUT2D eigenvalue weighted by Crippen LogP contribution is 2.18. The van der Waals surface area contributed by atoms with Crippen LogP contribution in [0.2, 0.25) is 0 Å². The minimum absolute atomic E-state index is 0.220. The molecule has 0 heterocycles. The van der Waals surface area contributed by atoms with Gasteiger partial charge in [0.1, 0.15) is 0 Å². The highest BCUT2D eigenvalue weighted by atomic mass is 35.5. The van der Waals surface area contributed by atoms with Crippen LogP contribution in [0.4, 0.5) is 13.2 Å². The third kappa shape index (κ3) is 3.53. The van der Waals surface area contributed by atoms with Crippen molar-refractivity contribution >= 4 is 27.1 Å². The molecule has 0 rings (SSSR count). The number of rotatable bonds is 0. The van der Waals surface area contributed by atoms with E-state index in [9.17, 15) is 13.2 Å². The Labute approximate surface area is 58.5 Å². The van der Waals surface area contributed by atoms with E-state index in [2.05, 4.69) is 4.36 Å². The Hall–Kier alpha value is -0.0300. The van der Waals surface area contributed by atoms with E-state index in [-0.39, 0.29) is 11.1 Å². The van der Waals surface area contributed by atoms with Crippen molar-refractivity contribution in [2.75, 3.05) is 7.05 Å². The van der Waals surface area contributed by atoms with Gasteiger partial charge in [-0.1, -0.05) is 11.6 Å². The molecular weight excluding hydrogens is 175 g/mol. The van der Waals surface area contributed by atoms with Crippen LogP contribution in [0.25, 0.3) is 0 Å². The summed E-state index contributed by atoms with van der Waals surface area (Å²) in [6.45, 7) is 0. The van der Waals surface area contributed by atoms with Crippen molar-refractivity contribution in [2.24, 2.45) is 4.36 Å². The van der Waals surface area contributed by atoms with Crippen LogP contribution in [0, 0.1) is 0 Å². The average molecular weight is 178 g/mol. The Balaban J connectivity index is 4.40. The van der Waals surface area contributed by atoms with Gasteiger partial charge in [-0.15, -0.1) is 0 Å². The second-order valence-electron chi connectivity index (χ2n) is 1.05. The summed E-state index contributed by atoms with van der Waals surface area (Å²) in [7, 11) is 1.23. The van der Waals surface area contributed by atoms with Crippen molar-refractivity contribution < 1.29 is 13.2 Å². The highest BCUT2D eigenvalue weighted by molar-refractivity contribution is 7.72. The van der Waals surface area contributed by atoms with Crippen molar-refractivity contribution in [3.05, 3.63) is 0 Å². The maximum Gasteiger partial charge on any atom is 0.437 e. The van der Waals surface area contributed by atoms with Gasteiger partial charge >= 0.3 is 6.18 Å². The van der Waals surface area contributed by atoms with Gasteiger partial charge in [-0.05, 0) is 11.1 Å². The Kier molecular flexibility index (Phi) is 3.21. The molecule has 0 spiro atoms. The van der Waals surface area contributed by atoms with Gasteiger partial charge in [0.15, 0.2) is 4.32 Å². The summed E-state index contributed by atoms with van der Waals surface area (Å²) in [5, 5.41) is 0. The third-order valence-corrected chi connectivity index (χ3v) is 1.39. The maximum atomic E-state index is 11.4. The predicted octanol–water partition coefficient (Wildman–Crippen LogP) is 1.81. The molecule has 54 valence electrons.